The molecule has 0 saturated carbocycles. The first kappa shape index (κ1) is 19.9. The summed E-state index contributed by atoms with van der Waals surface area (Å²) in [6.45, 7) is 3.68. The van der Waals surface area contributed by atoms with Crippen LogP contribution in [0.2, 0.25) is 0 Å². The Labute approximate surface area is 155 Å². The van der Waals surface area contributed by atoms with Crippen molar-refractivity contribution in [3.05, 3.63) is 68.8 Å². The lowest BCUT2D eigenvalue weighted by molar-refractivity contribution is -0.384. The first-order valence-corrected chi connectivity index (χ1v) is 8.14. The fourth-order valence-electron chi connectivity index (χ4n) is 2.81. The molecule has 0 aliphatic rings. The number of carboxylic acids is 1. The summed E-state index contributed by atoms with van der Waals surface area (Å²) >= 11 is 0. The minimum atomic E-state index is -1.27. The van der Waals surface area contributed by atoms with Crippen LogP contribution < -0.4 is 10.1 Å². The predicted octanol–water partition coefficient (Wildman–Crippen LogP) is 2.65. The second-order valence-corrected chi connectivity index (χ2v) is 6.20. The lowest BCUT2D eigenvalue weighted by atomic mass is 10.0. The van der Waals surface area contributed by atoms with Crippen molar-refractivity contribution in [1.29, 1.82) is 0 Å². The number of non-ortho nitro benzene ring substituents is 1. The fourth-order valence-corrected chi connectivity index (χ4v) is 2.81. The van der Waals surface area contributed by atoms with E-state index >= 15 is 0 Å². The van der Waals surface area contributed by atoms with Gasteiger partial charge in [0.05, 0.1) is 12.0 Å². The SMILES string of the molecule is COc1ccc([N+](=O)[O-])cc1C[C@@H](NC(=O)c1cc(C)cc(C)c1)C(=O)O. The smallest absolute Gasteiger partial charge is 0.326 e. The van der Waals surface area contributed by atoms with E-state index in [0.717, 1.165) is 11.1 Å². The molecule has 0 aliphatic carbocycles. The first-order valence-electron chi connectivity index (χ1n) is 8.14. The van der Waals surface area contributed by atoms with Crippen LogP contribution in [0.1, 0.15) is 27.0 Å². The Bertz CT molecular complexity index is 874. The molecule has 0 fully saturated rings. The lowest BCUT2D eigenvalue weighted by Gasteiger charge is -2.17. The molecule has 2 aromatic carbocycles. The van der Waals surface area contributed by atoms with Crippen LogP contribution in [0.25, 0.3) is 0 Å². The van der Waals surface area contributed by atoms with E-state index in [0.29, 0.717) is 16.9 Å². The Balaban J connectivity index is 2.28. The van der Waals surface area contributed by atoms with E-state index < -0.39 is 22.8 Å². The highest BCUT2D eigenvalue weighted by atomic mass is 16.6. The molecule has 142 valence electrons. The maximum atomic E-state index is 12.5. The summed E-state index contributed by atoms with van der Waals surface area (Å²) in [5.74, 6) is -1.47. The van der Waals surface area contributed by atoms with Gasteiger partial charge in [-0.25, -0.2) is 4.79 Å². The third-order valence-electron chi connectivity index (χ3n) is 3.99. The van der Waals surface area contributed by atoms with Gasteiger partial charge in [-0.05, 0) is 32.0 Å². The number of carbonyl (C=O) groups is 2. The van der Waals surface area contributed by atoms with Gasteiger partial charge in [-0.2, -0.15) is 0 Å². The zero-order chi connectivity index (χ0) is 20.1. The van der Waals surface area contributed by atoms with E-state index in [1.54, 1.807) is 12.1 Å². The van der Waals surface area contributed by atoms with Crippen LogP contribution in [-0.2, 0) is 11.2 Å². The van der Waals surface area contributed by atoms with Gasteiger partial charge < -0.3 is 15.2 Å². The minimum absolute atomic E-state index is 0.156. The zero-order valence-electron chi connectivity index (χ0n) is 15.2. The van der Waals surface area contributed by atoms with Crippen LogP contribution in [0.4, 0.5) is 5.69 Å². The summed E-state index contributed by atoms with van der Waals surface area (Å²) < 4.78 is 5.15. The van der Waals surface area contributed by atoms with Crippen molar-refractivity contribution in [3.63, 3.8) is 0 Å². The minimum Gasteiger partial charge on any atom is -0.496 e. The van der Waals surface area contributed by atoms with Gasteiger partial charge >= 0.3 is 5.97 Å². The van der Waals surface area contributed by atoms with E-state index in [1.807, 2.05) is 19.9 Å². The number of amides is 1. The van der Waals surface area contributed by atoms with E-state index in [2.05, 4.69) is 5.32 Å². The Hall–Kier alpha value is -3.42. The normalized spacial score (nSPS) is 11.5. The van der Waals surface area contributed by atoms with E-state index in [9.17, 15) is 24.8 Å². The van der Waals surface area contributed by atoms with Crippen molar-refractivity contribution in [2.45, 2.75) is 26.3 Å². The molecule has 0 unspecified atom stereocenters. The molecule has 0 spiro atoms. The monoisotopic (exact) mass is 372 g/mol. The van der Waals surface area contributed by atoms with Crippen LogP contribution >= 0.6 is 0 Å². The standard InChI is InChI=1S/C19H20N2O6/c1-11-6-12(2)8-14(7-11)18(22)20-16(19(23)24)10-13-9-15(21(25)26)4-5-17(13)27-3/h4-9,16H,10H2,1-3H3,(H,20,22)(H,23,24)/t16-/m1/s1. The van der Waals surface area contributed by atoms with Gasteiger partial charge in [0.25, 0.3) is 11.6 Å². The Morgan fingerprint density at radius 2 is 1.81 bits per heavy atom. The van der Waals surface area contributed by atoms with E-state index in [-0.39, 0.29) is 12.1 Å². The van der Waals surface area contributed by atoms with Crippen LogP contribution in [0, 0.1) is 24.0 Å². The highest BCUT2D eigenvalue weighted by Gasteiger charge is 2.24. The zero-order valence-corrected chi connectivity index (χ0v) is 15.2. The number of aliphatic carboxylic acids is 1. The van der Waals surface area contributed by atoms with Gasteiger partial charge in [-0.15, -0.1) is 0 Å². The number of carbonyl (C=O) groups excluding carboxylic acids is 1. The lowest BCUT2D eigenvalue weighted by Crippen LogP contribution is -2.42. The van der Waals surface area contributed by atoms with Crippen LogP contribution in [0.5, 0.6) is 5.75 Å². The average Bonchev–Trinajstić information content (AvgIpc) is 2.59. The summed E-state index contributed by atoms with van der Waals surface area (Å²) in [7, 11) is 1.38. The van der Waals surface area contributed by atoms with Gasteiger partial charge in [0.1, 0.15) is 11.8 Å². The number of methoxy groups -OCH3 is 1. The van der Waals surface area contributed by atoms with Gasteiger partial charge in [0.2, 0.25) is 0 Å². The molecule has 0 radical (unpaired) electrons. The highest BCUT2D eigenvalue weighted by Crippen LogP contribution is 2.25. The first-order chi connectivity index (χ1) is 12.7. The molecule has 0 saturated heterocycles. The van der Waals surface area contributed by atoms with Crippen LogP contribution in [-0.4, -0.2) is 35.1 Å². The van der Waals surface area contributed by atoms with Gasteiger partial charge in [-0.3, -0.25) is 14.9 Å². The molecule has 0 aliphatic heterocycles. The summed E-state index contributed by atoms with van der Waals surface area (Å²) in [5.41, 5.74) is 2.25. The molecule has 1 atom stereocenters. The Kier molecular flexibility index (Phi) is 6.12. The van der Waals surface area contributed by atoms with Crippen molar-refractivity contribution in [3.8, 4) is 5.75 Å². The third kappa shape index (κ3) is 5.04. The molecular weight excluding hydrogens is 352 g/mol. The number of nitrogens with zero attached hydrogens (tertiary/aromatic N) is 1. The van der Waals surface area contributed by atoms with Crippen molar-refractivity contribution >= 4 is 17.6 Å². The molecule has 0 heterocycles. The van der Waals surface area contributed by atoms with E-state index in [1.165, 1.54) is 25.3 Å². The van der Waals surface area contributed by atoms with Gasteiger partial charge in [0, 0.05) is 29.7 Å². The quantitative estimate of drug-likeness (QED) is 0.570. The molecule has 0 bridgehead atoms. The molecule has 2 aromatic rings. The maximum Gasteiger partial charge on any atom is 0.326 e. The Morgan fingerprint density at radius 1 is 1.19 bits per heavy atom. The second-order valence-electron chi connectivity index (χ2n) is 6.20. The molecule has 2 N–H and O–H groups in total. The number of carboxylic acid groups (broad SMARTS) is 1. The third-order valence-corrected chi connectivity index (χ3v) is 3.99. The Morgan fingerprint density at radius 3 is 2.33 bits per heavy atom. The number of nitrogens with one attached hydrogen (secondary N) is 1. The van der Waals surface area contributed by atoms with Gasteiger partial charge in [-0.1, -0.05) is 17.2 Å². The number of nitro groups is 1. The van der Waals surface area contributed by atoms with Crippen molar-refractivity contribution in [2.24, 2.45) is 0 Å². The number of nitro benzene ring substituents is 1. The molecule has 2 rings (SSSR count). The predicted molar refractivity (Wildman–Crippen MR) is 98.2 cm³/mol. The fraction of sp³-hybridized carbons (Fsp3) is 0.263. The number of benzene rings is 2. The number of aryl methyl sites for hydroxylation is 2. The molecule has 8 heteroatoms. The number of ether oxygens (including phenoxy) is 1. The maximum absolute atomic E-state index is 12.5. The molecule has 27 heavy (non-hydrogen) atoms. The van der Waals surface area contributed by atoms with Crippen molar-refractivity contribution in [2.75, 3.05) is 7.11 Å². The highest BCUT2D eigenvalue weighted by molar-refractivity contribution is 5.97. The summed E-state index contributed by atoms with van der Waals surface area (Å²) in [6, 6.07) is 7.88. The van der Waals surface area contributed by atoms with E-state index in [4.69, 9.17) is 4.74 Å². The molecule has 8 nitrogen and oxygen atoms in total. The molecular formula is C19H20N2O6. The summed E-state index contributed by atoms with van der Waals surface area (Å²) in [6.07, 6.45) is -0.156. The van der Waals surface area contributed by atoms with Gasteiger partial charge in [0.15, 0.2) is 0 Å². The molecule has 1 amide bonds. The van der Waals surface area contributed by atoms with Crippen molar-refractivity contribution in [1.82, 2.24) is 5.32 Å². The van der Waals surface area contributed by atoms with Crippen molar-refractivity contribution < 1.29 is 24.4 Å². The number of rotatable bonds is 7. The summed E-state index contributed by atoms with van der Waals surface area (Å²) in [5, 5.41) is 22.9. The second kappa shape index (κ2) is 8.31. The topological polar surface area (TPSA) is 119 Å². The van der Waals surface area contributed by atoms with Crippen LogP contribution in [0.15, 0.2) is 36.4 Å². The number of hydrogen-bond acceptors (Lipinski definition) is 5. The molecule has 0 aromatic heterocycles. The number of hydrogen-bond donors (Lipinski definition) is 2. The average molecular weight is 372 g/mol. The summed E-state index contributed by atoms with van der Waals surface area (Å²) in [4.78, 5) is 34.5. The van der Waals surface area contributed by atoms with Crippen LogP contribution in [0.3, 0.4) is 0 Å². The largest absolute Gasteiger partial charge is 0.496 e.